The van der Waals surface area contributed by atoms with Gasteiger partial charge in [-0.2, -0.15) is 18.3 Å². The second-order valence-electron chi connectivity index (χ2n) is 6.42. The van der Waals surface area contributed by atoms with Gasteiger partial charge < -0.3 is 5.32 Å². The van der Waals surface area contributed by atoms with E-state index in [2.05, 4.69) is 25.4 Å². The minimum absolute atomic E-state index is 0.0557. The third-order valence-electron chi connectivity index (χ3n) is 4.39. The highest BCUT2D eigenvalue weighted by Gasteiger charge is 2.41. The fourth-order valence-electron chi connectivity index (χ4n) is 3.04. The maximum atomic E-state index is 13.9. The van der Waals surface area contributed by atoms with E-state index in [4.69, 9.17) is 0 Å². The lowest BCUT2D eigenvalue weighted by molar-refractivity contribution is -0.143. The molecule has 0 atom stereocenters. The van der Waals surface area contributed by atoms with Crippen molar-refractivity contribution in [2.75, 3.05) is 0 Å². The molecule has 7 nitrogen and oxygen atoms in total. The van der Waals surface area contributed by atoms with Crippen LogP contribution in [0.15, 0.2) is 79.4 Å². The van der Waals surface area contributed by atoms with E-state index in [0.29, 0.717) is 16.1 Å². The SMILES string of the molecule is O=C(NC(c1ccccn1)c1ccccn1)c1cnn(-c2ccccn2)c1C(F)(F)F. The van der Waals surface area contributed by atoms with E-state index in [-0.39, 0.29) is 5.82 Å². The molecule has 1 N–H and O–H groups in total. The van der Waals surface area contributed by atoms with Crippen LogP contribution in [0.1, 0.15) is 33.5 Å². The van der Waals surface area contributed by atoms with Crippen LogP contribution >= 0.6 is 0 Å². The van der Waals surface area contributed by atoms with E-state index < -0.39 is 29.4 Å². The van der Waals surface area contributed by atoms with Crippen LogP contribution in [0.5, 0.6) is 0 Å². The summed E-state index contributed by atoms with van der Waals surface area (Å²) < 4.78 is 42.2. The molecule has 0 saturated carbocycles. The summed E-state index contributed by atoms with van der Waals surface area (Å²) in [6.45, 7) is 0. The van der Waals surface area contributed by atoms with Crippen LogP contribution in [-0.4, -0.2) is 30.6 Å². The van der Waals surface area contributed by atoms with E-state index >= 15 is 0 Å². The third-order valence-corrected chi connectivity index (χ3v) is 4.39. The number of rotatable bonds is 5. The van der Waals surface area contributed by atoms with Crippen molar-refractivity contribution in [3.63, 3.8) is 0 Å². The zero-order valence-electron chi connectivity index (χ0n) is 15.9. The lowest BCUT2D eigenvalue weighted by Gasteiger charge is -2.18. The molecule has 156 valence electrons. The van der Waals surface area contributed by atoms with Crippen molar-refractivity contribution < 1.29 is 18.0 Å². The number of carbonyl (C=O) groups excluding carboxylic acids is 1. The van der Waals surface area contributed by atoms with Gasteiger partial charge >= 0.3 is 6.18 Å². The molecule has 4 heterocycles. The second-order valence-corrected chi connectivity index (χ2v) is 6.42. The van der Waals surface area contributed by atoms with Gasteiger partial charge in [0.2, 0.25) is 0 Å². The highest BCUT2D eigenvalue weighted by molar-refractivity contribution is 5.95. The third kappa shape index (κ3) is 4.27. The molecule has 0 aromatic carbocycles. The molecule has 4 aromatic rings. The first-order valence-corrected chi connectivity index (χ1v) is 9.14. The second kappa shape index (κ2) is 8.34. The van der Waals surface area contributed by atoms with Gasteiger partial charge in [-0.1, -0.05) is 18.2 Å². The molecular formula is C21H15F3N6O. The summed E-state index contributed by atoms with van der Waals surface area (Å²) in [5.41, 5.74) is -0.986. The highest BCUT2D eigenvalue weighted by Crippen LogP contribution is 2.33. The number of alkyl halides is 3. The maximum Gasteiger partial charge on any atom is 0.434 e. The van der Waals surface area contributed by atoms with Gasteiger partial charge in [0.15, 0.2) is 11.5 Å². The zero-order chi connectivity index (χ0) is 21.8. The summed E-state index contributed by atoms with van der Waals surface area (Å²) in [5.74, 6) is -1.02. The number of carbonyl (C=O) groups is 1. The Morgan fingerprint density at radius 3 is 1.94 bits per heavy atom. The standard InChI is InChI=1S/C21H15F3N6O/c22-21(23,24)19-14(13-28-30(19)17-9-3-6-12-27-17)20(31)29-18(15-7-1-4-10-25-15)16-8-2-5-11-26-16/h1-13,18H,(H,29,31). The number of hydrogen-bond acceptors (Lipinski definition) is 5. The fourth-order valence-corrected chi connectivity index (χ4v) is 3.04. The molecule has 0 saturated heterocycles. The Morgan fingerprint density at radius 1 is 0.871 bits per heavy atom. The molecule has 0 radical (unpaired) electrons. The van der Waals surface area contributed by atoms with Crippen LogP contribution in [0.2, 0.25) is 0 Å². The van der Waals surface area contributed by atoms with Gasteiger partial charge in [-0.3, -0.25) is 14.8 Å². The van der Waals surface area contributed by atoms with Gasteiger partial charge in [0.25, 0.3) is 5.91 Å². The largest absolute Gasteiger partial charge is 0.434 e. The van der Waals surface area contributed by atoms with E-state index in [9.17, 15) is 18.0 Å². The average molecular weight is 424 g/mol. The highest BCUT2D eigenvalue weighted by atomic mass is 19.4. The molecule has 10 heteroatoms. The molecule has 1 amide bonds. The summed E-state index contributed by atoms with van der Waals surface area (Å²) in [4.78, 5) is 25.3. The normalized spacial score (nSPS) is 11.5. The summed E-state index contributed by atoms with van der Waals surface area (Å²) in [7, 11) is 0. The van der Waals surface area contributed by atoms with E-state index in [0.717, 1.165) is 6.20 Å². The molecule has 4 aromatic heterocycles. The minimum Gasteiger partial charge on any atom is -0.338 e. The topological polar surface area (TPSA) is 85.6 Å². The van der Waals surface area contributed by atoms with E-state index in [1.807, 2.05) is 0 Å². The Balaban J connectivity index is 1.74. The number of halogens is 3. The number of amides is 1. The molecule has 0 aliphatic rings. The lowest BCUT2D eigenvalue weighted by Crippen LogP contribution is -2.32. The first kappa shape index (κ1) is 20.2. The lowest BCUT2D eigenvalue weighted by atomic mass is 10.1. The van der Waals surface area contributed by atoms with Crippen LogP contribution in [0.25, 0.3) is 5.82 Å². The Kier molecular flexibility index (Phi) is 5.44. The molecule has 0 aliphatic carbocycles. The Morgan fingerprint density at radius 2 is 1.45 bits per heavy atom. The van der Waals surface area contributed by atoms with Crippen LogP contribution in [0.3, 0.4) is 0 Å². The molecular weight excluding hydrogens is 409 g/mol. The van der Waals surface area contributed by atoms with Crippen molar-refractivity contribution >= 4 is 5.91 Å². The van der Waals surface area contributed by atoms with Gasteiger partial charge in [-0.25, -0.2) is 9.67 Å². The number of nitrogens with zero attached hydrogens (tertiary/aromatic N) is 5. The minimum atomic E-state index is -4.84. The Hall–Kier alpha value is -4.08. The van der Waals surface area contributed by atoms with E-state index in [1.165, 1.54) is 30.7 Å². The fraction of sp³-hybridized carbons (Fsp3) is 0.0952. The smallest absolute Gasteiger partial charge is 0.338 e. The maximum absolute atomic E-state index is 13.9. The predicted octanol–water partition coefficient (Wildman–Crippen LogP) is 3.60. The molecule has 0 fully saturated rings. The Bertz CT molecular complexity index is 1120. The first-order chi connectivity index (χ1) is 14.9. The van der Waals surface area contributed by atoms with Crippen molar-refractivity contribution in [1.82, 2.24) is 30.0 Å². The van der Waals surface area contributed by atoms with Gasteiger partial charge in [-0.05, 0) is 36.4 Å². The number of nitrogens with one attached hydrogen (secondary N) is 1. The van der Waals surface area contributed by atoms with Crippen LogP contribution in [0, 0.1) is 0 Å². The van der Waals surface area contributed by atoms with Crippen LogP contribution in [0.4, 0.5) is 13.2 Å². The summed E-state index contributed by atoms with van der Waals surface area (Å²) in [6.07, 6.45) is 0.428. The molecule has 31 heavy (non-hydrogen) atoms. The van der Waals surface area contributed by atoms with Crippen molar-refractivity contribution in [3.8, 4) is 5.82 Å². The average Bonchev–Trinajstić information content (AvgIpc) is 3.25. The molecule has 0 aliphatic heterocycles. The van der Waals surface area contributed by atoms with Crippen molar-refractivity contribution in [1.29, 1.82) is 0 Å². The first-order valence-electron chi connectivity index (χ1n) is 9.14. The molecule has 0 bridgehead atoms. The number of hydrogen-bond donors (Lipinski definition) is 1. The number of pyridine rings is 3. The predicted molar refractivity (Wildman–Crippen MR) is 104 cm³/mol. The van der Waals surface area contributed by atoms with Gasteiger partial charge in [-0.15, -0.1) is 0 Å². The summed E-state index contributed by atoms with van der Waals surface area (Å²) in [5, 5.41) is 6.37. The van der Waals surface area contributed by atoms with Gasteiger partial charge in [0, 0.05) is 18.6 Å². The molecule has 4 rings (SSSR count). The zero-order valence-corrected chi connectivity index (χ0v) is 15.9. The quantitative estimate of drug-likeness (QED) is 0.529. The summed E-state index contributed by atoms with van der Waals surface area (Å²) in [6, 6.07) is 13.7. The van der Waals surface area contributed by atoms with Crippen molar-refractivity contribution in [2.45, 2.75) is 12.2 Å². The van der Waals surface area contributed by atoms with Crippen molar-refractivity contribution in [2.24, 2.45) is 0 Å². The summed E-state index contributed by atoms with van der Waals surface area (Å²) >= 11 is 0. The number of aromatic nitrogens is 5. The van der Waals surface area contributed by atoms with E-state index in [1.54, 1.807) is 42.5 Å². The van der Waals surface area contributed by atoms with Crippen LogP contribution < -0.4 is 5.32 Å². The van der Waals surface area contributed by atoms with Crippen molar-refractivity contribution in [3.05, 3.63) is 102 Å². The van der Waals surface area contributed by atoms with Gasteiger partial charge in [0.05, 0.1) is 23.1 Å². The van der Waals surface area contributed by atoms with Gasteiger partial charge in [0.1, 0.15) is 6.04 Å². The molecule has 0 unspecified atom stereocenters. The monoisotopic (exact) mass is 424 g/mol. The Labute approximate surface area is 174 Å². The molecule has 0 spiro atoms. The van der Waals surface area contributed by atoms with Crippen LogP contribution in [-0.2, 0) is 6.18 Å².